The molecule has 4 nitrogen and oxygen atoms in total. The number of nitrogens with zero attached hydrogens (tertiary/aromatic N) is 1. The molecule has 2 rings (SSSR count). The standard InChI is InChI=1S/C13H16BrNO3/c1-9-8-15(12(16)17)7-6-13(9,18)10-2-4-11(14)5-3-10/h2-5,9,18H,6-8H2,1H3,(H,16,17). The molecule has 2 atom stereocenters. The number of aliphatic hydroxyl groups is 1. The summed E-state index contributed by atoms with van der Waals surface area (Å²) in [6.45, 7) is 2.62. The monoisotopic (exact) mass is 313 g/mol. The molecule has 5 heteroatoms. The molecule has 1 aromatic rings. The van der Waals surface area contributed by atoms with Crippen LogP contribution in [0.4, 0.5) is 4.79 Å². The molecule has 98 valence electrons. The Balaban J connectivity index is 2.22. The first-order valence-corrected chi connectivity index (χ1v) is 6.69. The van der Waals surface area contributed by atoms with Crippen LogP contribution < -0.4 is 0 Å². The second-order valence-corrected chi connectivity index (χ2v) is 5.73. The van der Waals surface area contributed by atoms with Gasteiger partial charge in [0.25, 0.3) is 0 Å². The second-order valence-electron chi connectivity index (χ2n) is 4.81. The number of amides is 1. The molecule has 1 amide bonds. The van der Waals surface area contributed by atoms with Crippen LogP contribution in [0, 0.1) is 5.92 Å². The summed E-state index contributed by atoms with van der Waals surface area (Å²) >= 11 is 3.36. The molecule has 1 aliphatic heterocycles. The minimum absolute atomic E-state index is 0.122. The van der Waals surface area contributed by atoms with Gasteiger partial charge in [0, 0.05) is 23.5 Å². The molecule has 1 aromatic carbocycles. The lowest BCUT2D eigenvalue weighted by Gasteiger charge is -2.42. The van der Waals surface area contributed by atoms with Gasteiger partial charge in [-0.05, 0) is 24.1 Å². The summed E-state index contributed by atoms with van der Waals surface area (Å²) in [4.78, 5) is 12.3. The van der Waals surface area contributed by atoms with Gasteiger partial charge < -0.3 is 15.1 Å². The zero-order valence-electron chi connectivity index (χ0n) is 10.1. The first-order valence-electron chi connectivity index (χ1n) is 5.90. The van der Waals surface area contributed by atoms with E-state index < -0.39 is 11.7 Å². The third-order valence-electron chi connectivity index (χ3n) is 3.69. The van der Waals surface area contributed by atoms with Crippen LogP contribution >= 0.6 is 15.9 Å². The number of rotatable bonds is 1. The molecule has 0 saturated carbocycles. The Morgan fingerprint density at radius 3 is 2.56 bits per heavy atom. The lowest BCUT2D eigenvalue weighted by molar-refractivity contribution is -0.0654. The van der Waals surface area contributed by atoms with Crippen molar-refractivity contribution in [1.82, 2.24) is 4.90 Å². The van der Waals surface area contributed by atoms with Gasteiger partial charge in [-0.2, -0.15) is 0 Å². The quantitative estimate of drug-likeness (QED) is 0.838. The maximum atomic E-state index is 10.9. The van der Waals surface area contributed by atoms with Gasteiger partial charge in [-0.15, -0.1) is 0 Å². The molecule has 2 unspecified atom stereocenters. The van der Waals surface area contributed by atoms with Gasteiger partial charge in [0.2, 0.25) is 0 Å². The van der Waals surface area contributed by atoms with Gasteiger partial charge in [0.15, 0.2) is 0 Å². The molecule has 1 aliphatic rings. The van der Waals surface area contributed by atoms with Gasteiger partial charge in [0.05, 0.1) is 5.60 Å². The average molecular weight is 314 g/mol. The van der Waals surface area contributed by atoms with Crippen molar-refractivity contribution in [3.8, 4) is 0 Å². The van der Waals surface area contributed by atoms with E-state index in [9.17, 15) is 9.90 Å². The number of carbonyl (C=O) groups is 1. The zero-order chi connectivity index (χ0) is 13.3. The van der Waals surface area contributed by atoms with Crippen LogP contribution in [0.3, 0.4) is 0 Å². The molecule has 0 bridgehead atoms. The number of hydrogen-bond acceptors (Lipinski definition) is 2. The van der Waals surface area contributed by atoms with E-state index in [1.165, 1.54) is 4.90 Å². The topological polar surface area (TPSA) is 60.8 Å². The Morgan fingerprint density at radius 1 is 1.44 bits per heavy atom. The van der Waals surface area contributed by atoms with Crippen LogP contribution in [-0.2, 0) is 5.60 Å². The van der Waals surface area contributed by atoms with Crippen molar-refractivity contribution in [3.05, 3.63) is 34.3 Å². The van der Waals surface area contributed by atoms with Gasteiger partial charge in [-0.25, -0.2) is 4.79 Å². The number of hydrogen-bond donors (Lipinski definition) is 2. The predicted octanol–water partition coefficient (Wildman–Crippen LogP) is 2.66. The van der Waals surface area contributed by atoms with Gasteiger partial charge in [-0.1, -0.05) is 35.0 Å². The molecule has 1 saturated heterocycles. The van der Waals surface area contributed by atoms with Crippen molar-refractivity contribution >= 4 is 22.0 Å². The van der Waals surface area contributed by atoms with Crippen LogP contribution in [0.1, 0.15) is 18.9 Å². The highest BCUT2D eigenvalue weighted by Crippen LogP contribution is 2.37. The van der Waals surface area contributed by atoms with Crippen molar-refractivity contribution in [3.63, 3.8) is 0 Å². The Kier molecular flexibility index (Phi) is 3.64. The molecular weight excluding hydrogens is 298 g/mol. The largest absolute Gasteiger partial charge is 0.465 e. The molecular formula is C13H16BrNO3. The van der Waals surface area contributed by atoms with Crippen LogP contribution in [0.2, 0.25) is 0 Å². The molecule has 1 heterocycles. The zero-order valence-corrected chi connectivity index (χ0v) is 11.7. The van der Waals surface area contributed by atoms with Crippen LogP contribution in [0.5, 0.6) is 0 Å². The number of benzene rings is 1. The lowest BCUT2D eigenvalue weighted by Crippen LogP contribution is -2.50. The minimum Gasteiger partial charge on any atom is -0.465 e. The fourth-order valence-electron chi connectivity index (χ4n) is 2.47. The van der Waals surface area contributed by atoms with Crippen molar-refractivity contribution in [1.29, 1.82) is 0 Å². The Labute approximate surface area is 114 Å². The minimum atomic E-state index is -0.938. The summed E-state index contributed by atoms with van der Waals surface area (Å²) in [6, 6.07) is 7.56. The van der Waals surface area contributed by atoms with Gasteiger partial charge >= 0.3 is 6.09 Å². The first-order chi connectivity index (χ1) is 8.43. The summed E-state index contributed by atoms with van der Waals surface area (Å²) in [5.74, 6) is -0.122. The Morgan fingerprint density at radius 2 is 2.06 bits per heavy atom. The fourth-order valence-corrected chi connectivity index (χ4v) is 2.73. The van der Waals surface area contributed by atoms with Gasteiger partial charge in [-0.3, -0.25) is 0 Å². The summed E-state index contributed by atoms with van der Waals surface area (Å²) < 4.78 is 0.963. The molecule has 1 fully saturated rings. The normalized spacial score (nSPS) is 28.2. The maximum absolute atomic E-state index is 10.9. The highest BCUT2D eigenvalue weighted by molar-refractivity contribution is 9.10. The third kappa shape index (κ3) is 2.37. The molecule has 0 spiro atoms. The molecule has 0 radical (unpaired) electrons. The maximum Gasteiger partial charge on any atom is 0.407 e. The lowest BCUT2D eigenvalue weighted by atomic mass is 9.77. The van der Waals surface area contributed by atoms with E-state index in [0.29, 0.717) is 19.5 Å². The number of likely N-dealkylation sites (tertiary alicyclic amines) is 1. The summed E-state index contributed by atoms with van der Waals surface area (Å²) in [7, 11) is 0. The fraction of sp³-hybridized carbons (Fsp3) is 0.462. The van der Waals surface area contributed by atoms with Crippen molar-refractivity contribution < 1.29 is 15.0 Å². The van der Waals surface area contributed by atoms with Crippen LogP contribution in [0.25, 0.3) is 0 Å². The highest BCUT2D eigenvalue weighted by Gasteiger charge is 2.41. The smallest absolute Gasteiger partial charge is 0.407 e. The van der Waals surface area contributed by atoms with E-state index in [0.717, 1.165) is 10.0 Å². The van der Waals surface area contributed by atoms with Crippen LogP contribution in [0.15, 0.2) is 28.7 Å². The number of carboxylic acid groups (broad SMARTS) is 1. The van der Waals surface area contributed by atoms with Crippen LogP contribution in [-0.4, -0.2) is 34.3 Å². The second kappa shape index (κ2) is 4.90. The van der Waals surface area contributed by atoms with E-state index in [4.69, 9.17) is 5.11 Å². The number of piperidine rings is 1. The van der Waals surface area contributed by atoms with E-state index in [-0.39, 0.29) is 5.92 Å². The first kappa shape index (κ1) is 13.4. The van der Waals surface area contributed by atoms with Crippen molar-refractivity contribution in [2.75, 3.05) is 13.1 Å². The highest BCUT2D eigenvalue weighted by atomic mass is 79.9. The SMILES string of the molecule is CC1CN(C(=O)O)CCC1(O)c1ccc(Br)cc1. The summed E-state index contributed by atoms with van der Waals surface area (Å²) in [5.41, 5.74) is -0.0876. The van der Waals surface area contributed by atoms with Crippen molar-refractivity contribution in [2.24, 2.45) is 5.92 Å². The number of halogens is 1. The van der Waals surface area contributed by atoms with E-state index in [2.05, 4.69) is 15.9 Å². The van der Waals surface area contributed by atoms with E-state index >= 15 is 0 Å². The third-order valence-corrected chi connectivity index (χ3v) is 4.22. The molecule has 2 N–H and O–H groups in total. The summed E-state index contributed by atoms with van der Waals surface area (Å²) in [5, 5.41) is 19.7. The van der Waals surface area contributed by atoms with E-state index in [1.54, 1.807) is 0 Å². The average Bonchev–Trinajstić information content (AvgIpc) is 2.33. The van der Waals surface area contributed by atoms with Crippen molar-refractivity contribution in [2.45, 2.75) is 18.9 Å². The Hall–Kier alpha value is -1.07. The molecule has 18 heavy (non-hydrogen) atoms. The van der Waals surface area contributed by atoms with Gasteiger partial charge in [0.1, 0.15) is 0 Å². The molecule has 0 aromatic heterocycles. The van der Waals surface area contributed by atoms with E-state index in [1.807, 2.05) is 31.2 Å². The predicted molar refractivity (Wildman–Crippen MR) is 71.4 cm³/mol. The Bertz CT molecular complexity index is 448. The molecule has 0 aliphatic carbocycles. The summed E-state index contributed by atoms with van der Waals surface area (Å²) in [6.07, 6.45) is -0.484.